The first-order valence-electron chi connectivity index (χ1n) is 0.617. The van der Waals surface area contributed by atoms with Gasteiger partial charge in [0.25, 0.3) is 0 Å². The zero-order valence-corrected chi connectivity index (χ0v) is 2.90. The van der Waals surface area contributed by atoms with Crippen LogP contribution < -0.4 is 0 Å². The average Bonchev–Trinajstić information content (AvgIpc) is 0.811. The second kappa shape index (κ2) is 3.69. The number of rotatable bonds is 0. The zero-order chi connectivity index (χ0) is 3.58. The summed E-state index contributed by atoms with van der Waals surface area (Å²) in [5.74, 6) is 0. The van der Waals surface area contributed by atoms with Gasteiger partial charge in [-0.05, 0) is 0 Å². The lowest BCUT2D eigenvalue weighted by molar-refractivity contribution is 0.220. The van der Waals surface area contributed by atoms with E-state index in [0.29, 0.717) is 0 Å². The van der Waals surface area contributed by atoms with E-state index in [2.05, 4.69) is 11.6 Å². The minimum absolute atomic E-state index is 0. The van der Waals surface area contributed by atoms with E-state index in [4.69, 9.17) is 9.90 Å². The Morgan fingerprint density at radius 2 is 1.80 bits per heavy atom. The van der Waals surface area contributed by atoms with Crippen molar-refractivity contribution in [3.05, 3.63) is 0 Å². The Balaban J connectivity index is 0. The Labute approximate surface area is 32.7 Å². The van der Waals surface area contributed by atoms with Crippen molar-refractivity contribution < 1.29 is 14.6 Å². The van der Waals surface area contributed by atoms with Gasteiger partial charge in [0.15, 0.2) is 0 Å². The fourth-order valence-corrected chi connectivity index (χ4v) is 0. The lowest BCUT2D eigenvalue weighted by atomic mass is 11.6. The van der Waals surface area contributed by atoms with Crippen molar-refractivity contribution in [3.8, 4) is 0 Å². The summed E-state index contributed by atoms with van der Waals surface area (Å²) in [5.41, 5.74) is -1.36. The second-order valence-corrected chi connectivity index (χ2v) is 0.576. The summed E-state index contributed by atoms with van der Waals surface area (Å²) in [6, 6.07) is 0. The zero-order valence-electron chi connectivity index (χ0n) is 2.14. The highest BCUT2D eigenvalue weighted by molar-refractivity contribution is 6.60. The van der Waals surface area contributed by atoms with Crippen LogP contribution in [0.4, 0.5) is 9.50 Å². The second-order valence-electron chi connectivity index (χ2n) is 0.253. The Morgan fingerprint density at radius 3 is 1.80 bits per heavy atom. The van der Waals surface area contributed by atoms with Crippen molar-refractivity contribution in [1.29, 1.82) is 0 Å². The largest absolute Gasteiger partial charge is 0.469 e. The molecule has 0 heterocycles. The topological polar surface area (TPSA) is 37.3 Å². The van der Waals surface area contributed by atoms with Crippen LogP contribution in [0.15, 0.2) is 0 Å². The molecule has 0 fully saturated rings. The Bertz CT molecular complexity index is 32.6. The molecular formula is CH2ClFO2. The summed E-state index contributed by atoms with van der Waals surface area (Å²) >= 11 is 4.19. The van der Waals surface area contributed by atoms with Crippen LogP contribution in [0.2, 0.25) is 0 Å². The Morgan fingerprint density at radius 1 is 1.80 bits per heavy atom. The van der Waals surface area contributed by atoms with E-state index in [9.17, 15) is 0 Å². The first-order valence-corrected chi connectivity index (χ1v) is 0.995. The van der Waals surface area contributed by atoms with Gasteiger partial charge < -0.3 is 5.11 Å². The monoisotopic (exact) mass is 100.0 g/mol. The van der Waals surface area contributed by atoms with Crippen molar-refractivity contribution >= 4 is 17.0 Å². The fraction of sp³-hybridized carbons (Fsp3) is 0. The van der Waals surface area contributed by atoms with Gasteiger partial charge in [-0.15, -0.1) is 0 Å². The average molecular weight is 100 g/mol. The van der Waals surface area contributed by atoms with Crippen LogP contribution in [0.1, 0.15) is 0 Å². The highest BCUT2D eigenvalue weighted by Crippen LogP contribution is 1.67. The Kier molecular flexibility index (Phi) is 6.51. The fourth-order valence-electron chi connectivity index (χ4n) is 0. The highest BCUT2D eigenvalue weighted by Gasteiger charge is 1.71. The predicted molar refractivity (Wildman–Crippen MR) is 16.4 cm³/mol. The third kappa shape index (κ3) is 110. The molecular weight excluding hydrogens is 98.5 g/mol. The molecule has 5 heavy (non-hydrogen) atoms. The molecule has 0 saturated carbocycles. The molecule has 0 aliphatic carbocycles. The van der Waals surface area contributed by atoms with Crippen LogP contribution in [0.5, 0.6) is 0 Å². The normalized spacial score (nSPS) is 5.00. The molecule has 0 rings (SSSR count). The van der Waals surface area contributed by atoms with Crippen molar-refractivity contribution in [2.24, 2.45) is 0 Å². The SMILES string of the molecule is F.O=C(O)Cl. The van der Waals surface area contributed by atoms with E-state index < -0.39 is 5.43 Å². The molecule has 4 heteroatoms. The number of halogens is 2. The first kappa shape index (κ1) is 8.83. The van der Waals surface area contributed by atoms with E-state index in [-0.39, 0.29) is 4.70 Å². The van der Waals surface area contributed by atoms with Crippen molar-refractivity contribution in [2.75, 3.05) is 0 Å². The van der Waals surface area contributed by atoms with Gasteiger partial charge in [-0.2, -0.15) is 0 Å². The third-order valence-electron chi connectivity index (χ3n) is 0. The number of carboxylic acid groups (broad SMARTS) is 1. The molecule has 0 aliphatic heterocycles. The summed E-state index contributed by atoms with van der Waals surface area (Å²) in [6.07, 6.45) is 0. The molecule has 0 radical (unpaired) electrons. The van der Waals surface area contributed by atoms with Crippen LogP contribution >= 0.6 is 11.6 Å². The van der Waals surface area contributed by atoms with E-state index in [1.165, 1.54) is 0 Å². The first-order chi connectivity index (χ1) is 1.73. The predicted octanol–water partition coefficient (Wildman–Crippen LogP) is 1.06. The third-order valence-corrected chi connectivity index (χ3v) is 0. The van der Waals surface area contributed by atoms with E-state index in [1.807, 2.05) is 0 Å². The quantitative estimate of drug-likeness (QED) is 0.462. The van der Waals surface area contributed by atoms with Crippen LogP contribution in [0.25, 0.3) is 0 Å². The Hall–Kier alpha value is -0.310. The van der Waals surface area contributed by atoms with E-state index in [1.54, 1.807) is 0 Å². The maximum atomic E-state index is 8.77. The highest BCUT2D eigenvalue weighted by atomic mass is 35.5. The molecule has 32 valence electrons. The smallest absolute Gasteiger partial charge is 0.401 e. The molecule has 0 amide bonds. The van der Waals surface area contributed by atoms with E-state index in [0.717, 1.165) is 0 Å². The molecule has 0 bridgehead atoms. The van der Waals surface area contributed by atoms with Crippen LogP contribution in [0.3, 0.4) is 0 Å². The van der Waals surface area contributed by atoms with Gasteiger partial charge in [0.05, 0.1) is 0 Å². The van der Waals surface area contributed by atoms with Crippen molar-refractivity contribution in [3.63, 3.8) is 0 Å². The van der Waals surface area contributed by atoms with Gasteiger partial charge in [-0.3, -0.25) is 4.70 Å². The molecule has 0 saturated heterocycles. The van der Waals surface area contributed by atoms with Crippen LogP contribution in [0, 0.1) is 0 Å². The van der Waals surface area contributed by atoms with Gasteiger partial charge in [0.1, 0.15) is 0 Å². The van der Waals surface area contributed by atoms with Gasteiger partial charge in [0, 0.05) is 11.6 Å². The molecule has 0 atom stereocenters. The summed E-state index contributed by atoms with van der Waals surface area (Å²) in [4.78, 5) is 8.77. The molecule has 0 unspecified atom stereocenters. The molecule has 2 nitrogen and oxygen atoms in total. The lowest BCUT2D eigenvalue weighted by Gasteiger charge is -1.55. The van der Waals surface area contributed by atoms with Gasteiger partial charge in [0.2, 0.25) is 0 Å². The van der Waals surface area contributed by atoms with Gasteiger partial charge in [-0.1, -0.05) is 0 Å². The maximum Gasteiger partial charge on any atom is 0.401 e. The summed E-state index contributed by atoms with van der Waals surface area (Å²) in [6.45, 7) is 0. The number of hydrogen-bond acceptors (Lipinski definition) is 1. The molecule has 0 aromatic rings. The maximum absolute atomic E-state index is 8.77. The molecule has 0 aromatic heterocycles. The molecule has 0 spiro atoms. The minimum Gasteiger partial charge on any atom is -0.469 e. The summed E-state index contributed by atoms with van der Waals surface area (Å²) in [7, 11) is 0. The minimum atomic E-state index is -1.36. The summed E-state index contributed by atoms with van der Waals surface area (Å²) in [5, 5.41) is 7.18. The van der Waals surface area contributed by atoms with Gasteiger partial charge in [-0.25, -0.2) is 4.79 Å². The van der Waals surface area contributed by atoms with Crippen molar-refractivity contribution in [2.45, 2.75) is 0 Å². The number of carbonyl (C=O) groups is 1. The molecule has 0 aromatic carbocycles. The molecule has 1 N–H and O–H groups in total. The van der Waals surface area contributed by atoms with Crippen molar-refractivity contribution in [1.82, 2.24) is 0 Å². The summed E-state index contributed by atoms with van der Waals surface area (Å²) < 4.78 is 0. The van der Waals surface area contributed by atoms with Gasteiger partial charge >= 0.3 is 5.43 Å². The standard InChI is InChI=1S/CHClO2.FH/c2-1(3)4;/h(H,3,4);1H. The van der Waals surface area contributed by atoms with Crippen LogP contribution in [-0.4, -0.2) is 10.5 Å². The lowest BCUT2D eigenvalue weighted by Crippen LogP contribution is -1.66. The van der Waals surface area contributed by atoms with Crippen LogP contribution in [-0.2, 0) is 0 Å². The number of hydrogen-bond donors (Lipinski definition) is 1. The van der Waals surface area contributed by atoms with E-state index >= 15 is 0 Å². The molecule has 0 aliphatic rings.